The minimum Gasteiger partial charge on any atom is -0.440 e. The highest BCUT2D eigenvalue weighted by Crippen LogP contribution is 2.49. The topological polar surface area (TPSA) is 76.1 Å². The Bertz CT molecular complexity index is 1280. The molecule has 0 unspecified atom stereocenters. The summed E-state index contributed by atoms with van der Waals surface area (Å²) < 4.78 is 81.7. The lowest BCUT2D eigenvalue weighted by molar-refractivity contribution is -0.0460. The molecule has 1 N–H and O–H groups in total. The van der Waals surface area contributed by atoms with E-state index in [9.17, 15) is 22.3 Å². The van der Waals surface area contributed by atoms with Gasteiger partial charge in [-0.1, -0.05) is 0 Å². The van der Waals surface area contributed by atoms with Gasteiger partial charge in [-0.3, -0.25) is 0 Å². The largest absolute Gasteiger partial charge is 0.440 e. The summed E-state index contributed by atoms with van der Waals surface area (Å²) in [6, 6.07) is 12.4. The summed E-state index contributed by atoms with van der Waals surface area (Å²) in [5.41, 5.74) is 0.679. The number of aliphatic hydroxyl groups is 1. The van der Waals surface area contributed by atoms with Crippen molar-refractivity contribution in [1.82, 2.24) is 4.31 Å². The number of halogens is 3. The van der Waals surface area contributed by atoms with Crippen LogP contribution in [0, 0.1) is 17.5 Å². The second kappa shape index (κ2) is 8.30. The lowest BCUT2D eigenvalue weighted by Gasteiger charge is -2.29. The molecular weight excluding hydrogens is 471 g/mol. The highest BCUT2D eigenvalue weighted by atomic mass is 32.2. The summed E-state index contributed by atoms with van der Waals surface area (Å²) in [6.07, 6.45) is -0.0899. The van der Waals surface area contributed by atoms with Crippen LogP contribution in [0.3, 0.4) is 0 Å². The van der Waals surface area contributed by atoms with Crippen molar-refractivity contribution >= 4 is 10.0 Å². The summed E-state index contributed by atoms with van der Waals surface area (Å²) in [5, 5.41) is 9.67. The maximum Gasteiger partial charge on any atom is 0.305 e. The third-order valence-corrected chi connectivity index (χ3v) is 7.91. The summed E-state index contributed by atoms with van der Waals surface area (Å²) in [5.74, 6) is -3.83. The highest BCUT2D eigenvalue weighted by Gasteiger charge is 2.47. The van der Waals surface area contributed by atoms with E-state index in [1.165, 1.54) is 48.5 Å². The average molecular weight is 491 g/mol. The normalized spacial score (nSPS) is 18.2. The molecule has 178 valence electrons. The molecule has 3 aromatic rings. The molecule has 34 heavy (non-hydrogen) atoms. The van der Waals surface area contributed by atoms with Crippen LogP contribution in [0.4, 0.5) is 13.2 Å². The summed E-state index contributed by atoms with van der Waals surface area (Å²) >= 11 is 0. The molecule has 0 atom stereocenters. The van der Waals surface area contributed by atoms with Crippen molar-refractivity contribution in [3.63, 3.8) is 0 Å². The minimum absolute atomic E-state index is 0.0364. The molecule has 2 aliphatic rings. The maximum absolute atomic E-state index is 15.0. The first-order valence-electron chi connectivity index (χ1n) is 10.6. The second-order valence-corrected chi connectivity index (χ2v) is 10.1. The van der Waals surface area contributed by atoms with Crippen LogP contribution in [0.1, 0.15) is 24.0 Å². The molecule has 6 nitrogen and oxygen atoms in total. The first-order valence-corrected chi connectivity index (χ1v) is 12.0. The van der Waals surface area contributed by atoms with Crippen LogP contribution in [0.5, 0.6) is 11.5 Å². The van der Waals surface area contributed by atoms with E-state index >= 15 is 4.39 Å². The zero-order valence-corrected chi connectivity index (χ0v) is 18.6. The molecule has 2 aliphatic heterocycles. The van der Waals surface area contributed by atoms with Gasteiger partial charge in [-0.2, -0.15) is 4.31 Å². The van der Waals surface area contributed by atoms with Crippen molar-refractivity contribution < 1.29 is 36.2 Å². The number of nitrogens with zero attached hydrogens (tertiary/aromatic N) is 1. The average Bonchev–Trinajstić information content (AvgIpc) is 3.19. The van der Waals surface area contributed by atoms with Gasteiger partial charge in [0.2, 0.25) is 10.0 Å². The minimum atomic E-state index is -4.20. The SMILES string of the molecule is O=S(=O)(c1cc2c(cc1F)OC(c1ccc(F)cc1)(c1ccc(F)cc1)O2)N1CCC(O)CC1. The molecule has 5 rings (SSSR count). The molecule has 0 amide bonds. The van der Waals surface area contributed by atoms with Gasteiger partial charge in [0.25, 0.3) is 0 Å². The third kappa shape index (κ3) is 3.81. The van der Waals surface area contributed by atoms with Crippen molar-refractivity contribution in [2.45, 2.75) is 29.6 Å². The Morgan fingerprint density at radius 2 is 1.29 bits per heavy atom. The fourth-order valence-corrected chi connectivity index (χ4v) is 5.70. The van der Waals surface area contributed by atoms with E-state index in [1.807, 2.05) is 0 Å². The quantitative estimate of drug-likeness (QED) is 0.599. The van der Waals surface area contributed by atoms with Crippen molar-refractivity contribution in [1.29, 1.82) is 0 Å². The molecule has 0 aromatic heterocycles. The van der Waals surface area contributed by atoms with Gasteiger partial charge < -0.3 is 14.6 Å². The summed E-state index contributed by atoms with van der Waals surface area (Å²) in [6.45, 7) is 0.124. The molecule has 0 radical (unpaired) electrons. The molecular formula is C24H20F3NO5S. The molecule has 1 fully saturated rings. The Morgan fingerprint density at radius 1 is 0.824 bits per heavy atom. The molecule has 0 bridgehead atoms. The third-order valence-electron chi connectivity index (χ3n) is 6.00. The number of aliphatic hydroxyl groups excluding tert-OH is 1. The van der Waals surface area contributed by atoms with Crippen LogP contribution in [0.25, 0.3) is 0 Å². The number of piperidine rings is 1. The number of rotatable bonds is 4. The summed E-state index contributed by atoms with van der Waals surface area (Å²) in [4.78, 5) is -0.583. The van der Waals surface area contributed by atoms with Crippen molar-refractivity contribution in [2.75, 3.05) is 13.1 Å². The van der Waals surface area contributed by atoms with E-state index in [0.717, 1.165) is 16.4 Å². The number of benzene rings is 3. The lowest BCUT2D eigenvalue weighted by Crippen LogP contribution is -2.40. The Balaban J connectivity index is 1.58. The number of fused-ring (bicyclic) bond motifs is 1. The molecule has 0 spiro atoms. The first-order chi connectivity index (χ1) is 16.2. The number of hydrogen-bond acceptors (Lipinski definition) is 5. The van der Waals surface area contributed by atoms with E-state index < -0.39 is 44.3 Å². The standard InChI is InChI=1S/C24H20F3NO5S/c25-17-5-1-15(2-6-17)24(16-3-7-18(26)8-4-16)32-21-13-20(27)23(14-22(21)33-24)34(30,31)28-11-9-19(29)10-12-28/h1-8,13-14,19,29H,9-12H2. The smallest absolute Gasteiger partial charge is 0.305 e. The maximum atomic E-state index is 15.0. The summed E-state index contributed by atoms with van der Waals surface area (Å²) in [7, 11) is -4.20. The monoisotopic (exact) mass is 491 g/mol. The van der Waals surface area contributed by atoms with E-state index in [0.29, 0.717) is 11.1 Å². The van der Waals surface area contributed by atoms with E-state index in [-0.39, 0.29) is 37.4 Å². The molecule has 0 aliphatic carbocycles. The number of hydrogen-bond donors (Lipinski definition) is 1. The van der Waals surface area contributed by atoms with Gasteiger partial charge in [0.15, 0.2) is 11.5 Å². The Kier molecular flexibility index (Phi) is 5.54. The van der Waals surface area contributed by atoms with Gasteiger partial charge in [0.1, 0.15) is 22.3 Å². The van der Waals surface area contributed by atoms with E-state index in [4.69, 9.17) is 9.47 Å². The van der Waals surface area contributed by atoms with Gasteiger partial charge >= 0.3 is 5.79 Å². The molecule has 10 heteroatoms. The van der Waals surface area contributed by atoms with Crippen LogP contribution >= 0.6 is 0 Å². The van der Waals surface area contributed by atoms with E-state index in [2.05, 4.69) is 0 Å². The van der Waals surface area contributed by atoms with E-state index in [1.54, 1.807) is 0 Å². The van der Waals surface area contributed by atoms with Gasteiger partial charge in [-0.05, 0) is 61.4 Å². The first kappa shape index (κ1) is 22.7. The van der Waals surface area contributed by atoms with Crippen LogP contribution in [-0.2, 0) is 15.8 Å². The van der Waals surface area contributed by atoms with Gasteiger partial charge in [0.05, 0.1) is 6.10 Å². The van der Waals surface area contributed by atoms with Crippen molar-refractivity contribution in [3.05, 3.63) is 89.2 Å². The fraction of sp³-hybridized carbons (Fsp3) is 0.250. The lowest BCUT2D eigenvalue weighted by atomic mass is 9.97. The second-order valence-electron chi connectivity index (χ2n) is 8.20. The highest BCUT2D eigenvalue weighted by molar-refractivity contribution is 7.89. The van der Waals surface area contributed by atoms with Crippen LogP contribution in [-0.4, -0.2) is 37.0 Å². The molecule has 2 heterocycles. The van der Waals surface area contributed by atoms with Crippen LogP contribution in [0.2, 0.25) is 0 Å². The van der Waals surface area contributed by atoms with Crippen molar-refractivity contribution in [3.8, 4) is 11.5 Å². The Hall–Kier alpha value is -3.08. The zero-order valence-electron chi connectivity index (χ0n) is 17.7. The molecule has 3 aromatic carbocycles. The van der Waals surface area contributed by atoms with Crippen LogP contribution in [0.15, 0.2) is 65.6 Å². The Morgan fingerprint density at radius 3 is 1.79 bits per heavy atom. The van der Waals surface area contributed by atoms with Gasteiger partial charge in [0, 0.05) is 36.3 Å². The predicted octanol–water partition coefficient (Wildman–Crippen LogP) is 3.92. The number of sulfonamides is 1. The number of ether oxygens (including phenoxy) is 2. The zero-order chi connectivity index (χ0) is 24.1. The van der Waals surface area contributed by atoms with Gasteiger partial charge in [-0.15, -0.1) is 0 Å². The fourth-order valence-electron chi connectivity index (χ4n) is 4.17. The predicted molar refractivity (Wildman–Crippen MR) is 115 cm³/mol. The van der Waals surface area contributed by atoms with Crippen LogP contribution < -0.4 is 9.47 Å². The molecule has 1 saturated heterocycles. The van der Waals surface area contributed by atoms with Gasteiger partial charge in [-0.25, -0.2) is 21.6 Å². The Labute approximate surface area is 194 Å². The molecule has 0 saturated carbocycles. The van der Waals surface area contributed by atoms with Crippen molar-refractivity contribution in [2.24, 2.45) is 0 Å².